The molecule has 28 heavy (non-hydrogen) atoms. The van der Waals surface area contributed by atoms with Gasteiger partial charge < -0.3 is 44.3 Å². The molecular formula is C18H35NO9. The lowest BCUT2D eigenvalue weighted by molar-refractivity contribution is -0.259. The second-order valence-corrected chi connectivity index (χ2v) is 6.43. The second kappa shape index (κ2) is 16.0. The number of aliphatic hydroxyl groups is 3. The highest BCUT2D eigenvalue weighted by Crippen LogP contribution is 2.20. The van der Waals surface area contributed by atoms with E-state index in [1.807, 2.05) is 0 Å². The van der Waals surface area contributed by atoms with Crippen LogP contribution in [0.15, 0.2) is 0 Å². The third kappa shape index (κ3) is 11.2. The molecule has 1 aliphatic rings. The van der Waals surface area contributed by atoms with Gasteiger partial charge in [-0.2, -0.15) is 0 Å². The van der Waals surface area contributed by atoms with Crippen molar-refractivity contribution < 1.29 is 43.8 Å². The Morgan fingerprint density at radius 1 is 1.07 bits per heavy atom. The monoisotopic (exact) mass is 409 g/mol. The number of hydrogen-bond donors (Lipinski definition) is 4. The number of amides is 1. The summed E-state index contributed by atoms with van der Waals surface area (Å²) in [5.74, 6) is -0.119. The van der Waals surface area contributed by atoms with Gasteiger partial charge in [-0.3, -0.25) is 4.79 Å². The molecule has 1 rings (SSSR count). The number of hydrogen-bond acceptors (Lipinski definition) is 9. The van der Waals surface area contributed by atoms with Crippen molar-refractivity contribution >= 4 is 5.91 Å². The summed E-state index contributed by atoms with van der Waals surface area (Å²) in [4.78, 5) is 11.4. The van der Waals surface area contributed by atoms with E-state index in [2.05, 4.69) is 12.2 Å². The summed E-state index contributed by atoms with van der Waals surface area (Å²) in [6.07, 6.45) is -1.51. The number of nitrogens with one attached hydrogen (secondary N) is 1. The first-order valence-corrected chi connectivity index (χ1v) is 9.82. The van der Waals surface area contributed by atoms with Gasteiger partial charge in [-0.1, -0.05) is 13.3 Å². The van der Waals surface area contributed by atoms with Gasteiger partial charge in [0, 0.05) is 13.0 Å². The summed E-state index contributed by atoms with van der Waals surface area (Å²) in [6.45, 7) is 4.44. The van der Waals surface area contributed by atoms with Gasteiger partial charge in [0.05, 0.1) is 52.4 Å². The van der Waals surface area contributed by atoms with E-state index in [-0.39, 0.29) is 32.1 Å². The standard InChI is InChI=1S/C18H35NO9/c1-2-3-4-19-16(22)13-26-8-7-24-5-6-25-9-10-27-17-11-14(21)18(23)15(12-20)28-17/h14-15,17-18,20-21,23H,2-13H2,1H3,(H,19,22)/t14-,15-,17-,18-/m1/s1. The van der Waals surface area contributed by atoms with Gasteiger partial charge in [-0.05, 0) is 6.42 Å². The van der Waals surface area contributed by atoms with Crippen LogP contribution >= 0.6 is 0 Å². The van der Waals surface area contributed by atoms with Gasteiger partial charge in [0.25, 0.3) is 0 Å². The van der Waals surface area contributed by atoms with Crippen molar-refractivity contribution in [3.8, 4) is 0 Å². The first-order valence-electron chi connectivity index (χ1n) is 9.82. The summed E-state index contributed by atoms with van der Waals surface area (Å²) in [7, 11) is 0. The summed E-state index contributed by atoms with van der Waals surface area (Å²) < 4.78 is 26.7. The Bertz CT molecular complexity index is 399. The summed E-state index contributed by atoms with van der Waals surface area (Å²) in [5, 5.41) is 31.2. The Balaban J connectivity index is 1.87. The van der Waals surface area contributed by atoms with E-state index in [0.717, 1.165) is 12.8 Å². The molecule has 1 aliphatic heterocycles. The molecule has 10 heteroatoms. The number of unbranched alkanes of at least 4 members (excludes halogenated alkanes) is 1. The molecule has 10 nitrogen and oxygen atoms in total. The minimum atomic E-state index is -1.11. The zero-order chi connectivity index (χ0) is 20.6. The maximum absolute atomic E-state index is 11.4. The highest BCUT2D eigenvalue weighted by Gasteiger charge is 2.36. The highest BCUT2D eigenvalue weighted by molar-refractivity contribution is 5.77. The molecule has 1 fully saturated rings. The van der Waals surface area contributed by atoms with E-state index >= 15 is 0 Å². The van der Waals surface area contributed by atoms with Crippen molar-refractivity contribution in [2.45, 2.75) is 50.8 Å². The van der Waals surface area contributed by atoms with Crippen LogP contribution in [-0.4, -0.2) is 105 Å². The predicted molar refractivity (Wildman–Crippen MR) is 98.7 cm³/mol. The largest absolute Gasteiger partial charge is 0.394 e. The van der Waals surface area contributed by atoms with Gasteiger partial charge in [0.1, 0.15) is 18.8 Å². The van der Waals surface area contributed by atoms with Crippen LogP contribution in [0, 0.1) is 0 Å². The number of carbonyl (C=O) groups is 1. The number of ether oxygens (including phenoxy) is 5. The normalized spacial score (nSPS) is 25.0. The lowest BCUT2D eigenvalue weighted by Crippen LogP contribution is -2.50. The smallest absolute Gasteiger partial charge is 0.245 e. The average molecular weight is 409 g/mol. The number of rotatable bonds is 16. The fraction of sp³-hybridized carbons (Fsp3) is 0.944. The Morgan fingerprint density at radius 2 is 1.71 bits per heavy atom. The predicted octanol–water partition coefficient (Wildman–Crippen LogP) is -1.20. The van der Waals surface area contributed by atoms with Crippen molar-refractivity contribution in [2.75, 3.05) is 59.4 Å². The Hall–Kier alpha value is -0.850. The number of aliphatic hydroxyl groups excluding tert-OH is 3. The first kappa shape index (κ1) is 25.2. The van der Waals surface area contributed by atoms with Crippen LogP contribution in [0.3, 0.4) is 0 Å². The van der Waals surface area contributed by atoms with Crippen LogP contribution in [0.25, 0.3) is 0 Å². The third-order valence-corrected chi connectivity index (χ3v) is 4.08. The highest BCUT2D eigenvalue weighted by atomic mass is 16.7. The molecule has 1 amide bonds. The van der Waals surface area contributed by atoms with Crippen molar-refractivity contribution in [3.05, 3.63) is 0 Å². The van der Waals surface area contributed by atoms with Gasteiger partial charge in [-0.15, -0.1) is 0 Å². The van der Waals surface area contributed by atoms with Gasteiger partial charge in [0.15, 0.2) is 6.29 Å². The van der Waals surface area contributed by atoms with Gasteiger partial charge >= 0.3 is 0 Å². The van der Waals surface area contributed by atoms with Gasteiger partial charge in [-0.25, -0.2) is 0 Å². The third-order valence-electron chi connectivity index (χ3n) is 4.08. The van der Waals surface area contributed by atoms with Crippen LogP contribution in [-0.2, 0) is 28.5 Å². The molecule has 0 bridgehead atoms. The fourth-order valence-corrected chi connectivity index (χ4v) is 2.47. The Kier molecular flexibility index (Phi) is 14.4. The van der Waals surface area contributed by atoms with Crippen LogP contribution in [0.4, 0.5) is 0 Å². The van der Waals surface area contributed by atoms with E-state index in [4.69, 9.17) is 28.8 Å². The lowest BCUT2D eigenvalue weighted by atomic mass is 10.0. The minimum absolute atomic E-state index is 0.0347. The van der Waals surface area contributed by atoms with E-state index in [9.17, 15) is 15.0 Å². The van der Waals surface area contributed by atoms with Crippen molar-refractivity contribution in [3.63, 3.8) is 0 Å². The molecule has 0 aromatic rings. The quantitative estimate of drug-likeness (QED) is 0.232. The molecule has 0 aliphatic carbocycles. The van der Waals surface area contributed by atoms with E-state index < -0.39 is 24.6 Å². The second-order valence-electron chi connectivity index (χ2n) is 6.43. The molecule has 0 aromatic carbocycles. The Labute approximate surface area is 166 Å². The zero-order valence-corrected chi connectivity index (χ0v) is 16.6. The van der Waals surface area contributed by atoms with Gasteiger partial charge in [0.2, 0.25) is 5.91 Å². The van der Waals surface area contributed by atoms with Crippen LogP contribution < -0.4 is 5.32 Å². The first-order chi connectivity index (χ1) is 13.6. The zero-order valence-electron chi connectivity index (χ0n) is 16.6. The molecule has 0 spiro atoms. The SMILES string of the molecule is CCCCNC(=O)COCCOCCOCCO[C@H]1C[C@@H](O)[C@@H](O)[C@@H](CO)O1. The molecule has 4 atom stereocenters. The molecule has 0 unspecified atom stereocenters. The summed E-state index contributed by atoms with van der Waals surface area (Å²) in [5.41, 5.74) is 0. The number of carbonyl (C=O) groups excluding carboxylic acids is 1. The molecule has 1 saturated heterocycles. The van der Waals surface area contributed by atoms with Crippen LogP contribution in [0.1, 0.15) is 26.2 Å². The maximum atomic E-state index is 11.4. The molecule has 0 aromatic heterocycles. The van der Waals surface area contributed by atoms with Crippen molar-refractivity contribution in [1.29, 1.82) is 0 Å². The minimum Gasteiger partial charge on any atom is -0.394 e. The lowest BCUT2D eigenvalue weighted by Gasteiger charge is -2.35. The molecule has 1 heterocycles. The van der Waals surface area contributed by atoms with E-state index in [1.165, 1.54) is 0 Å². The molecule has 0 radical (unpaired) electrons. The molecular weight excluding hydrogens is 374 g/mol. The van der Waals surface area contributed by atoms with Crippen LogP contribution in [0.2, 0.25) is 0 Å². The van der Waals surface area contributed by atoms with Crippen LogP contribution in [0.5, 0.6) is 0 Å². The molecule has 166 valence electrons. The summed E-state index contributed by atoms with van der Waals surface area (Å²) >= 11 is 0. The maximum Gasteiger partial charge on any atom is 0.245 e. The fourth-order valence-electron chi connectivity index (χ4n) is 2.47. The van der Waals surface area contributed by atoms with E-state index in [1.54, 1.807) is 0 Å². The summed E-state index contributed by atoms with van der Waals surface area (Å²) in [6, 6.07) is 0. The average Bonchev–Trinajstić information content (AvgIpc) is 2.68. The van der Waals surface area contributed by atoms with Crippen molar-refractivity contribution in [2.24, 2.45) is 0 Å². The Morgan fingerprint density at radius 3 is 2.36 bits per heavy atom. The van der Waals surface area contributed by atoms with Crippen molar-refractivity contribution in [1.82, 2.24) is 5.32 Å². The van der Waals surface area contributed by atoms with E-state index in [0.29, 0.717) is 39.6 Å². The topological polar surface area (TPSA) is 136 Å². The molecule has 4 N–H and O–H groups in total. The molecule has 0 saturated carbocycles.